The predicted molar refractivity (Wildman–Crippen MR) is 114 cm³/mol. The number of ketones is 1. The fraction of sp³-hybridized carbons (Fsp3) is 0.381. The Kier molecular flexibility index (Phi) is 6.40. The minimum absolute atomic E-state index is 0.0767. The molecule has 0 unspecified atom stereocenters. The van der Waals surface area contributed by atoms with Gasteiger partial charge in [0.2, 0.25) is 0 Å². The van der Waals surface area contributed by atoms with E-state index in [-0.39, 0.29) is 16.6 Å². The number of allylic oxidation sites excluding steroid dienone is 5. The average molecular weight is 426 g/mol. The monoisotopic (exact) mass is 424 g/mol. The maximum atomic E-state index is 12.9. The number of benzene rings is 1. The summed E-state index contributed by atoms with van der Waals surface area (Å²) in [6, 6.07) is 3.12. The van der Waals surface area contributed by atoms with E-state index in [0.717, 1.165) is 16.7 Å². The van der Waals surface area contributed by atoms with E-state index in [9.17, 15) is 4.79 Å². The largest absolute Gasteiger partial charge is 0.289 e. The van der Waals surface area contributed by atoms with Crippen LogP contribution in [0.25, 0.3) is 0 Å². The molecule has 0 saturated heterocycles. The molecule has 0 heterocycles. The lowest BCUT2D eigenvalue weighted by Gasteiger charge is -2.31. The fourth-order valence-corrected chi connectivity index (χ4v) is 3.52. The lowest BCUT2D eigenvalue weighted by atomic mass is 9.72. The van der Waals surface area contributed by atoms with E-state index in [4.69, 9.17) is 34.8 Å². The lowest BCUT2D eigenvalue weighted by molar-refractivity contribution is -0.114. The molecule has 144 valence electrons. The van der Waals surface area contributed by atoms with Crippen molar-refractivity contribution in [1.82, 2.24) is 0 Å². The maximum absolute atomic E-state index is 12.9. The number of halogens is 3. The summed E-state index contributed by atoms with van der Waals surface area (Å²) in [6.45, 7) is 12.1. The minimum Gasteiger partial charge on any atom is -0.289 e. The van der Waals surface area contributed by atoms with Crippen LogP contribution in [-0.2, 0) is 4.79 Å². The second-order valence-corrected chi connectivity index (χ2v) is 9.76. The van der Waals surface area contributed by atoms with Gasteiger partial charge in [0.25, 0.3) is 0 Å². The summed E-state index contributed by atoms with van der Waals surface area (Å²) < 4.78 is 0. The van der Waals surface area contributed by atoms with E-state index in [1.807, 2.05) is 53.7 Å². The molecule has 2 rings (SSSR count). The van der Waals surface area contributed by atoms with Crippen LogP contribution in [0.4, 0.5) is 5.69 Å². The smallest absolute Gasteiger partial charge is 0.186 e. The first kappa shape index (κ1) is 21.9. The van der Waals surface area contributed by atoms with Gasteiger partial charge < -0.3 is 0 Å². The first-order valence-corrected chi connectivity index (χ1v) is 9.68. The number of Topliss-reactive ketones (excluding diaryl/α,β-unsaturated/α-hetero) is 1. The number of hydrogen-bond acceptors (Lipinski definition) is 3. The SMILES string of the molecule is CC(C)(C)C1=CC(=CN=Nc2c(Cl)cc(Cl)cc2Cl)C=C(C(C)(C)C)C1=O. The van der Waals surface area contributed by atoms with Crippen molar-refractivity contribution in [3.05, 3.63) is 62.3 Å². The highest BCUT2D eigenvalue weighted by Crippen LogP contribution is 2.39. The van der Waals surface area contributed by atoms with Gasteiger partial charge in [-0.15, -0.1) is 5.11 Å². The molecular weight excluding hydrogens is 403 g/mol. The molecule has 0 N–H and O–H groups in total. The minimum atomic E-state index is -0.277. The van der Waals surface area contributed by atoms with Crippen LogP contribution in [0.3, 0.4) is 0 Å². The maximum Gasteiger partial charge on any atom is 0.186 e. The van der Waals surface area contributed by atoms with Crippen LogP contribution >= 0.6 is 34.8 Å². The van der Waals surface area contributed by atoms with Crippen molar-refractivity contribution >= 4 is 46.3 Å². The zero-order valence-corrected chi connectivity index (χ0v) is 18.6. The highest BCUT2D eigenvalue weighted by molar-refractivity contribution is 6.41. The summed E-state index contributed by atoms with van der Waals surface area (Å²) in [4.78, 5) is 12.9. The summed E-state index contributed by atoms with van der Waals surface area (Å²) >= 11 is 18.2. The molecule has 0 spiro atoms. The molecule has 1 aromatic rings. The number of hydrogen-bond donors (Lipinski definition) is 0. The Balaban J connectivity index is 2.47. The number of rotatable bonds is 2. The molecular formula is C21H23Cl3N2O. The van der Waals surface area contributed by atoms with Crippen LogP contribution in [0.1, 0.15) is 41.5 Å². The Hall–Kier alpha value is -1.42. The van der Waals surface area contributed by atoms with E-state index in [1.165, 1.54) is 0 Å². The van der Waals surface area contributed by atoms with Crippen molar-refractivity contribution in [3.8, 4) is 0 Å². The van der Waals surface area contributed by atoms with Gasteiger partial charge in [0.05, 0.1) is 16.2 Å². The Morgan fingerprint density at radius 3 is 1.70 bits per heavy atom. The van der Waals surface area contributed by atoms with E-state index < -0.39 is 0 Å². The van der Waals surface area contributed by atoms with Crippen LogP contribution in [0.5, 0.6) is 0 Å². The van der Waals surface area contributed by atoms with Gasteiger partial charge in [-0.05, 0) is 40.7 Å². The molecule has 0 radical (unpaired) electrons. The number of nitrogens with zero attached hydrogens (tertiary/aromatic N) is 2. The molecule has 3 nitrogen and oxygen atoms in total. The third-order valence-corrected chi connectivity index (χ3v) is 4.87. The Labute approximate surface area is 175 Å². The van der Waals surface area contributed by atoms with Gasteiger partial charge in [-0.3, -0.25) is 4.79 Å². The summed E-state index contributed by atoms with van der Waals surface area (Å²) in [5.41, 5.74) is 2.10. The van der Waals surface area contributed by atoms with Gasteiger partial charge in [-0.25, -0.2) is 0 Å². The van der Waals surface area contributed by atoms with Crippen LogP contribution in [0, 0.1) is 10.8 Å². The fourth-order valence-electron chi connectivity index (χ4n) is 2.62. The molecule has 0 aliphatic heterocycles. The molecule has 0 amide bonds. The molecule has 0 fully saturated rings. The van der Waals surface area contributed by atoms with Crippen molar-refractivity contribution in [2.24, 2.45) is 21.1 Å². The quantitative estimate of drug-likeness (QED) is 0.441. The normalized spacial score (nSPS) is 15.9. The standard InChI is InChI=1S/C21H23Cl3N2O/c1-20(2,3)14-7-12(8-15(19(14)27)21(4,5)6)11-25-26-18-16(23)9-13(22)10-17(18)24/h7-11H,1-6H3. The van der Waals surface area contributed by atoms with Crippen molar-refractivity contribution in [2.45, 2.75) is 41.5 Å². The molecule has 0 saturated carbocycles. The van der Waals surface area contributed by atoms with E-state index in [2.05, 4.69) is 10.2 Å². The van der Waals surface area contributed by atoms with E-state index >= 15 is 0 Å². The van der Waals surface area contributed by atoms with Crippen LogP contribution in [0.2, 0.25) is 15.1 Å². The summed E-state index contributed by atoms with van der Waals surface area (Å²) in [5, 5.41) is 9.32. The van der Waals surface area contributed by atoms with Crippen LogP contribution < -0.4 is 0 Å². The van der Waals surface area contributed by atoms with Gasteiger partial charge in [0.15, 0.2) is 5.78 Å². The Morgan fingerprint density at radius 1 is 0.852 bits per heavy atom. The van der Waals surface area contributed by atoms with Crippen molar-refractivity contribution < 1.29 is 4.79 Å². The Morgan fingerprint density at radius 2 is 1.30 bits per heavy atom. The van der Waals surface area contributed by atoms with E-state index in [1.54, 1.807) is 18.3 Å². The molecule has 0 aromatic heterocycles. The average Bonchev–Trinajstić information content (AvgIpc) is 2.48. The van der Waals surface area contributed by atoms with Crippen molar-refractivity contribution in [1.29, 1.82) is 0 Å². The zero-order valence-electron chi connectivity index (χ0n) is 16.3. The predicted octanol–water partition coefficient (Wildman–Crippen LogP) is 8.14. The van der Waals surface area contributed by atoms with Gasteiger partial charge in [-0.1, -0.05) is 76.3 Å². The number of azo groups is 1. The van der Waals surface area contributed by atoms with Gasteiger partial charge >= 0.3 is 0 Å². The highest BCUT2D eigenvalue weighted by Gasteiger charge is 2.33. The number of carbonyl (C=O) groups is 1. The van der Waals surface area contributed by atoms with Gasteiger partial charge in [0, 0.05) is 16.2 Å². The lowest BCUT2D eigenvalue weighted by Crippen LogP contribution is -2.27. The summed E-state index contributed by atoms with van der Waals surface area (Å²) in [6.07, 6.45) is 5.33. The van der Waals surface area contributed by atoms with Gasteiger partial charge in [0.1, 0.15) is 5.69 Å². The van der Waals surface area contributed by atoms with Crippen molar-refractivity contribution in [3.63, 3.8) is 0 Å². The summed E-state index contributed by atoms with van der Waals surface area (Å²) in [7, 11) is 0. The first-order valence-electron chi connectivity index (χ1n) is 8.55. The first-order chi connectivity index (χ1) is 12.3. The van der Waals surface area contributed by atoms with Crippen LogP contribution in [0.15, 0.2) is 57.4 Å². The second kappa shape index (κ2) is 7.90. The molecule has 1 aliphatic carbocycles. The van der Waals surface area contributed by atoms with Crippen molar-refractivity contribution in [2.75, 3.05) is 0 Å². The highest BCUT2D eigenvalue weighted by atomic mass is 35.5. The zero-order chi connectivity index (χ0) is 20.6. The van der Waals surface area contributed by atoms with Gasteiger partial charge in [-0.2, -0.15) is 5.11 Å². The topological polar surface area (TPSA) is 41.8 Å². The van der Waals surface area contributed by atoms with E-state index in [0.29, 0.717) is 20.8 Å². The molecule has 1 aromatic carbocycles. The molecule has 6 heteroatoms. The molecule has 0 bridgehead atoms. The third-order valence-electron chi connectivity index (χ3n) is 4.07. The molecule has 1 aliphatic rings. The Bertz CT molecular complexity index is 836. The second-order valence-electron chi connectivity index (χ2n) is 8.51. The summed E-state index contributed by atoms with van der Waals surface area (Å²) in [5.74, 6) is 0.0767. The number of carbonyl (C=O) groups excluding carboxylic acids is 1. The molecule has 0 atom stereocenters. The molecule has 27 heavy (non-hydrogen) atoms. The third kappa shape index (κ3) is 5.31. The van der Waals surface area contributed by atoms with Crippen LogP contribution in [-0.4, -0.2) is 5.78 Å².